The Morgan fingerprint density at radius 2 is 1.90 bits per heavy atom. The number of hydrogen-bond donors (Lipinski definition) is 1. The summed E-state index contributed by atoms with van der Waals surface area (Å²) in [6.07, 6.45) is 3.10. The lowest BCUT2D eigenvalue weighted by Gasteiger charge is -2.12. The van der Waals surface area contributed by atoms with Crippen LogP contribution in [0.4, 0.5) is 5.82 Å². The van der Waals surface area contributed by atoms with Gasteiger partial charge in [0.15, 0.2) is 5.82 Å². The Balaban J connectivity index is 2.42. The van der Waals surface area contributed by atoms with Crippen LogP contribution in [-0.2, 0) is 12.8 Å². The van der Waals surface area contributed by atoms with Crippen molar-refractivity contribution in [2.45, 2.75) is 47.0 Å². The van der Waals surface area contributed by atoms with Gasteiger partial charge < -0.3 is 5.32 Å². The number of aromatic nitrogens is 2. The fraction of sp³-hybridized carbons (Fsp3) is 0.500. The van der Waals surface area contributed by atoms with Gasteiger partial charge >= 0.3 is 0 Å². The Morgan fingerprint density at radius 3 is 2.50 bits per heavy atom. The van der Waals surface area contributed by atoms with Crippen LogP contribution in [-0.4, -0.2) is 16.5 Å². The normalized spacial score (nSPS) is 10.8. The van der Waals surface area contributed by atoms with Crippen molar-refractivity contribution in [3.05, 3.63) is 28.3 Å². The van der Waals surface area contributed by atoms with E-state index in [2.05, 4.69) is 45.1 Å². The molecule has 0 aliphatic heterocycles. The highest BCUT2D eigenvalue weighted by Gasteiger charge is 2.12. The molecule has 0 aliphatic rings. The Labute approximate surface area is 125 Å². The summed E-state index contributed by atoms with van der Waals surface area (Å²) in [5.41, 5.74) is 2.32. The molecule has 0 fully saturated rings. The van der Waals surface area contributed by atoms with Gasteiger partial charge in [0.2, 0.25) is 0 Å². The Kier molecular flexibility index (Phi) is 5.12. The first-order valence-electron chi connectivity index (χ1n) is 7.40. The molecule has 0 saturated heterocycles. The highest BCUT2D eigenvalue weighted by molar-refractivity contribution is 7.15. The van der Waals surface area contributed by atoms with Crippen molar-refractivity contribution in [1.82, 2.24) is 9.97 Å². The maximum absolute atomic E-state index is 4.74. The number of rotatable bonds is 6. The molecule has 3 nitrogen and oxygen atoms in total. The Morgan fingerprint density at radius 1 is 1.10 bits per heavy atom. The van der Waals surface area contributed by atoms with Gasteiger partial charge in [-0.15, -0.1) is 11.3 Å². The van der Waals surface area contributed by atoms with Crippen molar-refractivity contribution in [2.24, 2.45) is 0 Å². The standard InChI is InChI=1S/C16H23N3S/c1-5-10-17-15-11(4)13(7-3)18-16(19-15)14-9-8-12(6-2)20-14/h8-9H,5-7,10H2,1-4H3,(H,17,18,19). The molecule has 0 radical (unpaired) electrons. The third-order valence-corrected chi connectivity index (χ3v) is 4.58. The summed E-state index contributed by atoms with van der Waals surface area (Å²) in [6, 6.07) is 4.31. The SMILES string of the molecule is CCCNc1nc(-c2ccc(CC)s2)nc(CC)c1C. The molecule has 0 atom stereocenters. The van der Waals surface area contributed by atoms with Gasteiger partial charge in [0.05, 0.1) is 4.88 Å². The first-order chi connectivity index (χ1) is 9.69. The van der Waals surface area contributed by atoms with Crippen LogP contribution in [0.25, 0.3) is 10.7 Å². The van der Waals surface area contributed by atoms with E-state index in [0.717, 1.165) is 48.0 Å². The minimum Gasteiger partial charge on any atom is -0.370 e. The number of aryl methyl sites for hydroxylation is 2. The summed E-state index contributed by atoms with van der Waals surface area (Å²) in [5, 5.41) is 3.42. The van der Waals surface area contributed by atoms with Crippen molar-refractivity contribution in [2.75, 3.05) is 11.9 Å². The van der Waals surface area contributed by atoms with Crippen LogP contribution in [0.1, 0.15) is 43.3 Å². The van der Waals surface area contributed by atoms with Gasteiger partial charge in [0.1, 0.15) is 5.82 Å². The molecule has 108 valence electrons. The minimum absolute atomic E-state index is 0.857. The van der Waals surface area contributed by atoms with E-state index in [0.29, 0.717) is 0 Å². The largest absolute Gasteiger partial charge is 0.370 e. The molecule has 20 heavy (non-hydrogen) atoms. The van der Waals surface area contributed by atoms with Gasteiger partial charge in [-0.2, -0.15) is 0 Å². The average Bonchev–Trinajstić information content (AvgIpc) is 2.95. The van der Waals surface area contributed by atoms with E-state index in [1.54, 1.807) is 11.3 Å². The van der Waals surface area contributed by atoms with Crippen molar-refractivity contribution in [1.29, 1.82) is 0 Å². The van der Waals surface area contributed by atoms with Gasteiger partial charge in [-0.1, -0.05) is 20.8 Å². The molecule has 0 spiro atoms. The smallest absolute Gasteiger partial charge is 0.171 e. The predicted octanol–water partition coefficient (Wildman–Crippen LogP) is 4.46. The first-order valence-corrected chi connectivity index (χ1v) is 8.21. The molecule has 0 saturated carbocycles. The van der Waals surface area contributed by atoms with Crippen LogP contribution in [0.5, 0.6) is 0 Å². The summed E-state index contributed by atoms with van der Waals surface area (Å²) in [7, 11) is 0. The maximum atomic E-state index is 4.74. The number of nitrogens with one attached hydrogen (secondary N) is 1. The summed E-state index contributed by atoms with van der Waals surface area (Å²) in [5.74, 6) is 1.84. The van der Waals surface area contributed by atoms with E-state index in [-0.39, 0.29) is 0 Å². The summed E-state index contributed by atoms with van der Waals surface area (Å²) in [4.78, 5) is 12.0. The third-order valence-electron chi connectivity index (χ3n) is 3.35. The molecule has 4 heteroatoms. The van der Waals surface area contributed by atoms with Crippen LogP contribution in [0.2, 0.25) is 0 Å². The fourth-order valence-electron chi connectivity index (χ4n) is 2.12. The van der Waals surface area contributed by atoms with Crippen molar-refractivity contribution < 1.29 is 0 Å². The van der Waals surface area contributed by atoms with E-state index in [4.69, 9.17) is 9.97 Å². The van der Waals surface area contributed by atoms with E-state index in [1.807, 2.05) is 0 Å². The van der Waals surface area contributed by atoms with Crippen LogP contribution >= 0.6 is 11.3 Å². The van der Waals surface area contributed by atoms with Crippen LogP contribution in [0, 0.1) is 6.92 Å². The monoisotopic (exact) mass is 289 g/mol. The summed E-state index contributed by atoms with van der Waals surface area (Å²) >= 11 is 1.79. The molecule has 0 bridgehead atoms. The summed E-state index contributed by atoms with van der Waals surface area (Å²) in [6.45, 7) is 9.54. The van der Waals surface area contributed by atoms with Crippen molar-refractivity contribution in [3.63, 3.8) is 0 Å². The van der Waals surface area contributed by atoms with Crippen molar-refractivity contribution in [3.8, 4) is 10.7 Å². The second kappa shape index (κ2) is 6.84. The molecule has 2 rings (SSSR count). The predicted molar refractivity (Wildman–Crippen MR) is 87.6 cm³/mol. The highest BCUT2D eigenvalue weighted by atomic mass is 32.1. The van der Waals surface area contributed by atoms with Gasteiger partial charge in [-0.05, 0) is 38.3 Å². The van der Waals surface area contributed by atoms with E-state index in [1.165, 1.54) is 10.4 Å². The minimum atomic E-state index is 0.857. The van der Waals surface area contributed by atoms with Crippen LogP contribution in [0.3, 0.4) is 0 Å². The maximum Gasteiger partial charge on any atom is 0.171 e. The number of nitrogens with zero attached hydrogens (tertiary/aromatic N) is 2. The Bertz CT molecular complexity index is 575. The molecule has 0 amide bonds. The first kappa shape index (κ1) is 15.0. The Hall–Kier alpha value is -1.42. The van der Waals surface area contributed by atoms with E-state index < -0.39 is 0 Å². The van der Waals surface area contributed by atoms with Gasteiger partial charge in [0.25, 0.3) is 0 Å². The van der Waals surface area contributed by atoms with Crippen LogP contribution in [0.15, 0.2) is 12.1 Å². The van der Waals surface area contributed by atoms with Gasteiger partial charge in [-0.3, -0.25) is 0 Å². The van der Waals surface area contributed by atoms with E-state index in [9.17, 15) is 0 Å². The lowest BCUT2D eigenvalue weighted by atomic mass is 10.2. The third kappa shape index (κ3) is 3.18. The van der Waals surface area contributed by atoms with E-state index >= 15 is 0 Å². The molecule has 1 N–H and O–H groups in total. The molecule has 2 aromatic rings. The quantitative estimate of drug-likeness (QED) is 0.853. The zero-order valence-corrected chi connectivity index (χ0v) is 13.6. The number of hydrogen-bond acceptors (Lipinski definition) is 4. The molecular weight excluding hydrogens is 266 g/mol. The molecule has 0 unspecified atom stereocenters. The molecular formula is C16H23N3S. The second-order valence-corrected chi connectivity index (χ2v) is 6.04. The average molecular weight is 289 g/mol. The topological polar surface area (TPSA) is 37.8 Å². The number of thiophene rings is 1. The second-order valence-electron chi connectivity index (χ2n) is 4.87. The molecule has 2 heterocycles. The summed E-state index contributed by atoms with van der Waals surface area (Å²) < 4.78 is 0. The van der Waals surface area contributed by atoms with Crippen molar-refractivity contribution >= 4 is 17.2 Å². The lowest BCUT2D eigenvalue weighted by Crippen LogP contribution is -2.08. The fourth-order valence-corrected chi connectivity index (χ4v) is 3.00. The van der Waals surface area contributed by atoms with Gasteiger partial charge in [0, 0.05) is 22.7 Å². The highest BCUT2D eigenvalue weighted by Crippen LogP contribution is 2.28. The molecule has 2 aromatic heterocycles. The zero-order chi connectivity index (χ0) is 14.5. The number of anilines is 1. The zero-order valence-electron chi connectivity index (χ0n) is 12.8. The molecule has 0 aliphatic carbocycles. The van der Waals surface area contributed by atoms with Gasteiger partial charge in [-0.25, -0.2) is 9.97 Å². The lowest BCUT2D eigenvalue weighted by molar-refractivity contribution is 0.937. The van der Waals surface area contributed by atoms with Crippen LogP contribution < -0.4 is 5.32 Å². The molecule has 0 aromatic carbocycles.